The molecule has 0 aromatic rings. The first-order chi connectivity index (χ1) is 7.29. The number of nitrogens with one attached hydrogen (secondary N) is 1. The van der Waals surface area contributed by atoms with Gasteiger partial charge in [0.15, 0.2) is 0 Å². The highest BCUT2D eigenvalue weighted by Gasteiger charge is 2.31. The van der Waals surface area contributed by atoms with E-state index in [1.807, 2.05) is 0 Å². The topological polar surface area (TPSA) is 41.6 Å². The van der Waals surface area contributed by atoms with E-state index in [0.29, 0.717) is 12.3 Å². The lowest BCUT2D eigenvalue weighted by molar-refractivity contribution is -0.177. The fraction of sp³-hybridized carbons (Fsp3) is 0.909. The summed E-state index contributed by atoms with van der Waals surface area (Å²) >= 11 is 0. The second kappa shape index (κ2) is 4.94. The van der Waals surface area contributed by atoms with E-state index in [4.69, 9.17) is 4.84 Å². The van der Waals surface area contributed by atoms with Crippen LogP contribution in [0.5, 0.6) is 0 Å². The van der Waals surface area contributed by atoms with Crippen LogP contribution in [0.4, 0.5) is 0 Å². The molecule has 15 heavy (non-hydrogen) atoms. The van der Waals surface area contributed by atoms with Crippen LogP contribution in [-0.2, 0) is 9.63 Å². The van der Waals surface area contributed by atoms with Gasteiger partial charge in [-0.25, -0.2) is 5.06 Å². The Labute approximate surface area is 90.9 Å². The first kappa shape index (κ1) is 10.9. The molecule has 1 N–H and O–H groups in total. The van der Waals surface area contributed by atoms with Gasteiger partial charge in [0.1, 0.15) is 0 Å². The van der Waals surface area contributed by atoms with Crippen LogP contribution in [0.2, 0.25) is 0 Å². The Morgan fingerprint density at radius 1 is 1.47 bits per heavy atom. The van der Waals surface area contributed by atoms with Crippen LogP contribution in [0.25, 0.3) is 0 Å². The molecule has 2 aliphatic rings. The predicted octanol–water partition coefficient (Wildman–Crippen LogP) is 0.928. The standard InChI is InChI=1S/C11H20N2O2/c1-2-10-7-11(14)13(15-10)8-9-3-5-12-6-4-9/h9-10,12H,2-8H2,1H3. The zero-order valence-corrected chi connectivity index (χ0v) is 9.37. The van der Waals surface area contributed by atoms with Gasteiger partial charge >= 0.3 is 0 Å². The zero-order valence-electron chi connectivity index (χ0n) is 9.37. The number of hydrogen-bond acceptors (Lipinski definition) is 3. The number of carbonyl (C=O) groups excluding carboxylic acids is 1. The van der Waals surface area contributed by atoms with Crippen LogP contribution in [-0.4, -0.2) is 36.7 Å². The molecule has 1 atom stereocenters. The van der Waals surface area contributed by atoms with Crippen molar-refractivity contribution in [3.8, 4) is 0 Å². The van der Waals surface area contributed by atoms with Crippen molar-refractivity contribution >= 4 is 5.91 Å². The molecule has 0 bridgehead atoms. The maximum atomic E-state index is 11.6. The molecule has 2 fully saturated rings. The largest absolute Gasteiger partial charge is 0.317 e. The summed E-state index contributed by atoms with van der Waals surface area (Å²) in [5, 5.41) is 4.93. The van der Waals surface area contributed by atoms with Crippen molar-refractivity contribution in [1.82, 2.24) is 10.4 Å². The third-order valence-corrected chi connectivity index (χ3v) is 3.29. The lowest BCUT2D eigenvalue weighted by Crippen LogP contribution is -2.36. The normalized spacial score (nSPS) is 28.7. The molecule has 0 radical (unpaired) electrons. The molecular formula is C11H20N2O2. The third kappa shape index (κ3) is 2.69. The molecule has 1 amide bonds. The maximum absolute atomic E-state index is 11.6. The lowest BCUT2D eigenvalue weighted by atomic mass is 9.98. The molecule has 0 aromatic heterocycles. The van der Waals surface area contributed by atoms with Crippen LogP contribution in [0.15, 0.2) is 0 Å². The average molecular weight is 212 g/mol. The van der Waals surface area contributed by atoms with Gasteiger partial charge in [-0.15, -0.1) is 0 Å². The molecule has 0 aromatic carbocycles. The maximum Gasteiger partial charge on any atom is 0.248 e. The van der Waals surface area contributed by atoms with Crippen LogP contribution in [0.3, 0.4) is 0 Å². The van der Waals surface area contributed by atoms with Crippen molar-refractivity contribution in [1.29, 1.82) is 0 Å². The number of hydrogen-bond donors (Lipinski definition) is 1. The Balaban J connectivity index is 1.81. The molecular weight excluding hydrogens is 192 g/mol. The molecule has 0 saturated carbocycles. The summed E-state index contributed by atoms with van der Waals surface area (Å²) in [6.45, 7) is 5.00. The van der Waals surface area contributed by atoms with E-state index >= 15 is 0 Å². The molecule has 2 saturated heterocycles. The zero-order chi connectivity index (χ0) is 10.7. The molecule has 0 spiro atoms. The molecule has 2 rings (SSSR count). The van der Waals surface area contributed by atoms with Crippen LogP contribution in [0.1, 0.15) is 32.6 Å². The van der Waals surface area contributed by atoms with Gasteiger partial charge in [-0.1, -0.05) is 6.92 Å². The predicted molar refractivity (Wildman–Crippen MR) is 57.1 cm³/mol. The summed E-state index contributed by atoms with van der Waals surface area (Å²) in [6.07, 6.45) is 3.93. The van der Waals surface area contributed by atoms with Crippen LogP contribution in [0, 0.1) is 5.92 Å². The highest BCUT2D eigenvalue weighted by Crippen LogP contribution is 2.21. The van der Waals surface area contributed by atoms with E-state index in [1.165, 1.54) is 0 Å². The van der Waals surface area contributed by atoms with E-state index < -0.39 is 0 Å². The van der Waals surface area contributed by atoms with Gasteiger partial charge in [0.2, 0.25) is 5.91 Å². The second-order valence-corrected chi connectivity index (χ2v) is 4.49. The van der Waals surface area contributed by atoms with E-state index in [-0.39, 0.29) is 12.0 Å². The number of nitrogens with zero attached hydrogens (tertiary/aromatic N) is 1. The summed E-state index contributed by atoms with van der Waals surface area (Å²) < 4.78 is 0. The van der Waals surface area contributed by atoms with Crippen molar-refractivity contribution in [2.24, 2.45) is 5.92 Å². The highest BCUT2D eigenvalue weighted by atomic mass is 16.7. The van der Waals surface area contributed by atoms with Gasteiger partial charge < -0.3 is 5.32 Å². The molecule has 4 nitrogen and oxygen atoms in total. The summed E-state index contributed by atoms with van der Waals surface area (Å²) in [5.41, 5.74) is 0. The minimum absolute atomic E-state index is 0.124. The smallest absolute Gasteiger partial charge is 0.248 e. The summed E-state index contributed by atoms with van der Waals surface area (Å²) in [5.74, 6) is 0.784. The Morgan fingerprint density at radius 3 is 2.80 bits per heavy atom. The molecule has 0 aliphatic carbocycles. The Morgan fingerprint density at radius 2 is 2.20 bits per heavy atom. The molecule has 86 valence electrons. The minimum atomic E-state index is 0.124. The van der Waals surface area contributed by atoms with Gasteiger partial charge in [0.05, 0.1) is 19.1 Å². The van der Waals surface area contributed by atoms with E-state index in [2.05, 4.69) is 12.2 Å². The average Bonchev–Trinajstić information content (AvgIpc) is 2.61. The number of carbonyl (C=O) groups is 1. The first-order valence-electron chi connectivity index (χ1n) is 5.97. The van der Waals surface area contributed by atoms with Crippen molar-refractivity contribution in [2.75, 3.05) is 19.6 Å². The second-order valence-electron chi connectivity index (χ2n) is 4.49. The number of hydroxylamine groups is 2. The Hall–Kier alpha value is -0.610. The van der Waals surface area contributed by atoms with Crippen molar-refractivity contribution in [2.45, 2.75) is 38.7 Å². The molecule has 2 aliphatic heterocycles. The third-order valence-electron chi connectivity index (χ3n) is 3.29. The summed E-state index contributed by atoms with van der Waals surface area (Å²) in [7, 11) is 0. The molecule has 1 unspecified atom stereocenters. The quantitative estimate of drug-likeness (QED) is 0.756. The van der Waals surface area contributed by atoms with Crippen molar-refractivity contribution in [3.63, 3.8) is 0 Å². The minimum Gasteiger partial charge on any atom is -0.317 e. The van der Waals surface area contributed by atoms with Crippen LogP contribution < -0.4 is 5.32 Å². The SMILES string of the molecule is CCC1CC(=O)N(CC2CCNCC2)O1. The summed E-state index contributed by atoms with van der Waals surface area (Å²) in [4.78, 5) is 17.2. The monoisotopic (exact) mass is 212 g/mol. The van der Waals surface area contributed by atoms with Crippen molar-refractivity contribution in [3.05, 3.63) is 0 Å². The van der Waals surface area contributed by atoms with E-state index in [9.17, 15) is 4.79 Å². The number of amides is 1. The van der Waals surface area contributed by atoms with Gasteiger partial charge in [-0.3, -0.25) is 9.63 Å². The Kier molecular flexibility index (Phi) is 3.59. The number of piperidine rings is 1. The molecule has 4 heteroatoms. The van der Waals surface area contributed by atoms with Crippen LogP contribution >= 0.6 is 0 Å². The van der Waals surface area contributed by atoms with Gasteiger partial charge in [-0.05, 0) is 38.3 Å². The fourth-order valence-corrected chi connectivity index (χ4v) is 2.24. The van der Waals surface area contributed by atoms with E-state index in [1.54, 1.807) is 5.06 Å². The van der Waals surface area contributed by atoms with Gasteiger partial charge in [0.25, 0.3) is 0 Å². The lowest BCUT2D eigenvalue weighted by Gasteiger charge is -2.26. The Bertz CT molecular complexity index is 227. The van der Waals surface area contributed by atoms with Gasteiger partial charge in [0, 0.05) is 0 Å². The van der Waals surface area contributed by atoms with Gasteiger partial charge in [-0.2, -0.15) is 0 Å². The first-order valence-corrected chi connectivity index (χ1v) is 5.97. The fourth-order valence-electron chi connectivity index (χ4n) is 2.24. The highest BCUT2D eigenvalue weighted by molar-refractivity contribution is 5.77. The number of rotatable bonds is 3. The molecule has 2 heterocycles. The summed E-state index contributed by atoms with van der Waals surface area (Å²) in [6, 6.07) is 0. The van der Waals surface area contributed by atoms with E-state index in [0.717, 1.165) is 38.9 Å². The van der Waals surface area contributed by atoms with Crippen molar-refractivity contribution < 1.29 is 9.63 Å².